The third-order valence-corrected chi connectivity index (χ3v) is 1.57. The van der Waals surface area contributed by atoms with Gasteiger partial charge in [-0.25, -0.2) is 4.39 Å². The van der Waals surface area contributed by atoms with Crippen molar-refractivity contribution in [3.8, 4) is 11.8 Å². The Morgan fingerprint density at radius 1 is 1.50 bits per heavy atom. The quantitative estimate of drug-likeness (QED) is 0.727. The molecule has 0 aliphatic rings. The Morgan fingerprint density at radius 3 is 2.83 bits per heavy atom. The standard InChI is InChI=1S/C9H8FNO/c10-6-7-1-2-9(12)8(5-7)3-4-11/h1-2,5,12H,3,6H2. The van der Waals surface area contributed by atoms with Gasteiger partial charge < -0.3 is 5.11 Å². The number of hydrogen-bond acceptors (Lipinski definition) is 2. The predicted octanol–water partition coefficient (Wildman–Crippen LogP) is 1.93. The molecule has 0 fully saturated rings. The number of nitriles is 1. The number of phenols is 1. The Kier molecular flexibility index (Phi) is 2.65. The number of phenolic OH excluding ortho intramolecular Hbond substituents is 1. The molecule has 1 aromatic rings. The summed E-state index contributed by atoms with van der Waals surface area (Å²) in [6.45, 7) is -0.571. The van der Waals surface area contributed by atoms with Crippen LogP contribution in [0.4, 0.5) is 4.39 Å². The average molecular weight is 165 g/mol. The second-order valence-corrected chi connectivity index (χ2v) is 2.43. The van der Waals surface area contributed by atoms with Gasteiger partial charge in [-0.3, -0.25) is 0 Å². The molecule has 0 heterocycles. The van der Waals surface area contributed by atoms with Crippen LogP contribution < -0.4 is 0 Å². The molecule has 0 atom stereocenters. The van der Waals surface area contributed by atoms with Gasteiger partial charge in [0.25, 0.3) is 0 Å². The molecule has 0 aromatic heterocycles. The molecule has 1 aromatic carbocycles. The highest BCUT2D eigenvalue weighted by Crippen LogP contribution is 2.19. The number of alkyl halides is 1. The van der Waals surface area contributed by atoms with Crippen molar-refractivity contribution in [2.24, 2.45) is 0 Å². The second kappa shape index (κ2) is 3.72. The highest BCUT2D eigenvalue weighted by atomic mass is 19.1. The number of rotatable bonds is 2. The third-order valence-electron chi connectivity index (χ3n) is 1.57. The number of nitrogens with zero attached hydrogens (tertiary/aromatic N) is 1. The van der Waals surface area contributed by atoms with Crippen LogP contribution in [0.2, 0.25) is 0 Å². The molecule has 62 valence electrons. The first-order chi connectivity index (χ1) is 5.77. The smallest absolute Gasteiger partial charge is 0.119 e. The Morgan fingerprint density at radius 2 is 2.25 bits per heavy atom. The molecule has 0 unspecified atom stereocenters. The van der Waals surface area contributed by atoms with Crippen molar-refractivity contribution in [3.05, 3.63) is 29.3 Å². The summed E-state index contributed by atoms with van der Waals surface area (Å²) in [7, 11) is 0. The molecule has 0 bridgehead atoms. The summed E-state index contributed by atoms with van der Waals surface area (Å²) >= 11 is 0. The Hall–Kier alpha value is -1.56. The minimum Gasteiger partial charge on any atom is -0.508 e. The van der Waals surface area contributed by atoms with Crippen LogP contribution in [0.3, 0.4) is 0 Å². The van der Waals surface area contributed by atoms with Crippen LogP contribution >= 0.6 is 0 Å². The van der Waals surface area contributed by atoms with Gasteiger partial charge in [-0.1, -0.05) is 6.07 Å². The van der Waals surface area contributed by atoms with Crippen LogP contribution in [-0.4, -0.2) is 5.11 Å². The minimum atomic E-state index is -0.571. The molecule has 0 saturated heterocycles. The molecule has 0 spiro atoms. The van der Waals surface area contributed by atoms with Crippen molar-refractivity contribution in [3.63, 3.8) is 0 Å². The van der Waals surface area contributed by atoms with E-state index in [1.807, 2.05) is 6.07 Å². The van der Waals surface area contributed by atoms with Crippen LogP contribution in [0, 0.1) is 11.3 Å². The topological polar surface area (TPSA) is 44.0 Å². The number of halogens is 1. The van der Waals surface area contributed by atoms with E-state index in [2.05, 4.69) is 0 Å². The first-order valence-corrected chi connectivity index (χ1v) is 3.51. The van der Waals surface area contributed by atoms with Gasteiger partial charge in [0, 0.05) is 5.56 Å². The Balaban J connectivity index is 3.01. The molecular formula is C9H8FNO. The van der Waals surface area contributed by atoms with Gasteiger partial charge in [-0.2, -0.15) is 5.26 Å². The lowest BCUT2D eigenvalue weighted by Gasteiger charge is -2.01. The molecule has 0 radical (unpaired) electrons. The zero-order chi connectivity index (χ0) is 8.97. The molecule has 0 aliphatic heterocycles. The van der Waals surface area contributed by atoms with Crippen molar-refractivity contribution in [2.75, 3.05) is 0 Å². The van der Waals surface area contributed by atoms with Gasteiger partial charge in [0.1, 0.15) is 12.4 Å². The predicted molar refractivity (Wildman–Crippen MR) is 42.2 cm³/mol. The molecule has 0 amide bonds. The van der Waals surface area contributed by atoms with Crippen LogP contribution in [0.1, 0.15) is 11.1 Å². The van der Waals surface area contributed by atoms with Gasteiger partial charge >= 0.3 is 0 Å². The van der Waals surface area contributed by atoms with E-state index in [4.69, 9.17) is 5.26 Å². The minimum absolute atomic E-state index is 0.0498. The van der Waals surface area contributed by atoms with Crippen molar-refractivity contribution >= 4 is 0 Å². The molecule has 1 N–H and O–H groups in total. The summed E-state index contributed by atoms with van der Waals surface area (Å²) in [5, 5.41) is 17.5. The van der Waals surface area contributed by atoms with Crippen molar-refractivity contribution in [1.82, 2.24) is 0 Å². The fourth-order valence-electron chi connectivity index (χ4n) is 0.949. The van der Waals surface area contributed by atoms with E-state index in [0.717, 1.165) is 0 Å². The maximum absolute atomic E-state index is 12.1. The maximum atomic E-state index is 12.1. The summed E-state index contributed by atoms with van der Waals surface area (Å²) in [6.07, 6.45) is 0.111. The van der Waals surface area contributed by atoms with Gasteiger partial charge in [0.15, 0.2) is 0 Å². The van der Waals surface area contributed by atoms with Crippen molar-refractivity contribution in [2.45, 2.75) is 13.1 Å². The fourth-order valence-corrected chi connectivity index (χ4v) is 0.949. The summed E-state index contributed by atoms with van der Waals surface area (Å²) < 4.78 is 12.1. The van der Waals surface area contributed by atoms with E-state index in [1.54, 1.807) is 0 Å². The molecule has 3 heteroatoms. The van der Waals surface area contributed by atoms with Crippen molar-refractivity contribution < 1.29 is 9.50 Å². The number of benzene rings is 1. The lowest BCUT2D eigenvalue weighted by molar-refractivity contribution is 0.465. The van der Waals surface area contributed by atoms with Gasteiger partial charge in [0.2, 0.25) is 0 Å². The molecule has 0 aliphatic carbocycles. The second-order valence-electron chi connectivity index (χ2n) is 2.43. The largest absolute Gasteiger partial charge is 0.508 e. The zero-order valence-corrected chi connectivity index (χ0v) is 6.42. The van der Waals surface area contributed by atoms with Crippen molar-refractivity contribution in [1.29, 1.82) is 5.26 Å². The summed E-state index contributed by atoms with van der Waals surface area (Å²) in [4.78, 5) is 0. The van der Waals surface area contributed by atoms with Gasteiger partial charge in [0.05, 0.1) is 12.5 Å². The first-order valence-electron chi connectivity index (χ1n) is 3.51. The van der Waals surface area contributed by atoms with E-state index in [1.165, 1.54) is 18.2 Å². The first kappa shape index (κ1) is 8.54. The summed E-state index contributed by atoms with van der Waals surface area (Å²) in [5.74, 6) is 0.0498. The molecule has 2 nitrogen and oxygen atoms in total. The van der Waals surface area contributed by atoms with Gasteiger partial charge in [-0.05, 0) is 17.7 Å². The summed E-state index contributed by atoms with van der Waals surface area (Å²) in [6, 6.07) is 6.29. The van der Waals surface area contributed by atoms with E-state index in [0.29, 0.717) is 11.1 Å². The lowest BCUT2D eigenvalue weighted by Crippen LogP contribution is -1.86. The Labute approximate surface area is 69.9 Å². The fraction of sp³-hybridized carbons (Fsp3) is 0.222. The monoisotopic (exact) mass is 165 g/mol. The van der Waals surface area contributed by atoms with E-state index >= 15 is 0 Å². The van der Waals surface area contributed by atoms with E-state index in [9.17, 15) is 9.50 Å². The molecule has 12 heavy (non-hydrogen) atoms. The highest BCUT2D eigenvalue weighted by Gasteiger charge is 2.01. The van der Waals surface area contributed by atoms with Crippen LogP contribution in [0.5, 0.6) is 5.75 Å². The van der Waals surface area contributed by atoms with E-state index in [-0.39, 0.29) is 12.2 Å². The summed E-state index contributed by atoms with van der Waals surface area (Å²) in [5.41, 5.74) is 0.964. The maximum Gasteiger partial charge on any atom is 0.119 e. The lowest BCUT2D eigenvalue weighted by atomic mass is 10.1. The number of hydrogen-bond donors (Lipinski definition) is 1. The molecular weight excluding hydrogens is 157 g/mol. The normalized spacial score (nSPS) is 9.33. The highest BCUT2D eigenvalue weighted by molar-refractivity contribution is 5.37. The van der Waals surface area contributed by atoms with Gasteiger partial charge in [-0.15, -0.1) is 0 Å². The SMILES string of the molecule is N#CCc1cc(CF)ccc1O. The average Bonchev–Trinajstić information content (AvgIpc) is 2.09. The van der Waals surface area contributed by atoms with E-state index < -0.39 is 6.67 Å². The zero-order valence-electron chi connectivity index (χ0n) is 6.42. The molecule has 1 rings (SSSR count). The van der Waals surface area contributed by atoms with Crippen LogP contribution in [0.15, 0.2) is 18.2 Å². The van der Waals surface area contributed by atoms with Crippen LogP contribution in [0.25, 0.3) is 0 Å². The third kappa shape index (κ3) is 1.73. The number of aromatic hydroxyl groups is 1. The van der Waals surface area contributed by atoms with Crippen LogP contribution in [-0.2, 0) is 13.1 Å². The Bertz CT molecular complexity index is 317. The molecule has 0 saturated carbocycles.